The summed E-state index contributed by atoms with van der Waals surface area (Å²) in [5.41, 5.74) is 1.63. The lowest BCUT2D eigenvalue weighted by Crippen LogP contribution is -2.33. The Kier molecular flexibility index (Phi) is 4.10. The molecule has 0 aromatic carbocycles. The average Bonchev–Trinajstić information content (AvgIpc) is 2.21. The Hall–Kier alpha value is -1.79. The first-order valence-electron chi connectivity index (χ1n) is 4.66. The minimum Gasteiger partial charge on any atom is -0.439 e. The molecule has 0 unspecified atom stereocenters. The van der Waals surface area contributed by atoms with E-state index < -0.39 is 18.2 Å². The second-order valence-electron chi connectivity index (χ2n) is 3.04. The maximum Gasteiger partial charge on any atom is 0.387 e. The van der Waals surface area contributed by atoms with Gasteiger partial charge in [-0.25, -0.2) is 5.43 Å². The van der Waals surface area contributed by atoms with Gasteiger partial charge in [0.15, 0.2) is 0 Å². The van der Waals surface area contributed by atoms with Gasteiger partial charge in [0.1, 0.15) is 11.5 Å². The van der Waals surface area contributed by atoms with Gasteiger partial charge in [0.05, 0.1) is 11.8 Å². The molecule has 0 aliphatic carbocycles. The number of hydrogen-bond acceptors (Lipinski definition) is 4. The number of hydrazone groups is 1. The van der Waals surface area contributed by atoms with Crippen molar-refractivity contribution in [2.75, 3.05) is 0 Å². The molecular formula is C9H11F2N3O2. The highest BCUT2D eigenvalue weighted by atomic mass is 19.3. The molecule has 2 N–H and O–H groups in total. The van der Waals surface area contributed by atoms with Crippen LogP contribution < -0.4 is 5.43 Å². The number of amides is 1. The van der Waals surface area contributed by atoms with Gasteiger partial charge in [0.25, 0.3) is 5.91 Å². The number of ether oxygens (including phenoxy) is 1. The zero-order valence-corrected chi connectivity index (χ0v) is 8.59. The second kappa shape index (κ2) is 5.34. The Balaban J connectivity index is 3.03. The lowest BCUT2D eigenvalue weighted by atomic mass is 10.1. The molecule has 1 heterocycles. The second-order valence-corrected chi connectivity index (χ2v) is 3.04. The Morgan fingerprint density at radius 1 is 1.69 bits per heavy atom. The van der Waals surface area contributed by atoms with Gasteiger partial charge in [-0.2, -0.15) is 13.9 Å². The van der Waals surface area contributed by atoms with Gasteiger partial charge in [0.2, 0.25) is 0 Å². The molecule has 0 aromatic rings. The zero-order valence-electron chi connectivity index (χ0n) is 8.59. The fraction of sp³-hybridized carbons (Fsp3) is 0.444. The van der Waals surface area contributed by atoms with Crippen LogP contribution in [0, 0.1) is 5.41 Å². The molecule has 5 nitrogen and oxygen atoms in total. The highest BCUT2D eigenvalue weighted by Gasteiger charge is 2.22. The van der Waals surface area contributed by atoms with Gasteiger partial charge < -0.3 is 4.74 Å². The molecule has 1 aliphatic rings. The Morgan fingerprint density at radius 2 is 2.38 bits per heavy atom. The van der Waals surface area contributed by atoms with Crippen LogP contribution in [0.4, 0.5) is 8.78 Å². The van der Waals surface area contributed by atoms with E-state index in [1.807, 2.05) is 5.43 Å². The van der Waals surface area contributed by atoms with Crippen LogP contribution in [0.15, 0.2) is 16.4 Å². The molecule has 0 spiro atoms. The largest absolute Gasteiger partial charge is 0.439 e. The average molecular weight is 231 g/mol. The van der Waals surface area contributed by atoms with Crippen LogP contribution in [-0.2, 0) is 9.53 Å². The predicted molar refractivity (Wildman–Crippen MR) is 53.4 cm³/mol. The molecule has 0 bridgehead atoms. The standard InChI is InChI=1S/C9H11F2N3O2/c1-2-3-6(16-9(10)11)5-4-13-14-8(15)7(5)12/h4,9,12H,2-3H2,1H3,(H,14,15)/b6-5+,12-7?. The van der Waals surface area contributed by atoms with E-state index in [0.29, 0.717) is 6.42 Å². The molecule has 0 fully saturated rings. The summed E-state index contributed by atoms with van der Waals surface area (Å²) in [6, 6.07) is 0. The summed E-state index contributed by atoms with van der Waals surface area (Å²) >= 11 is 0. The molecule has 16 heavy (non-hydrogen) atoms. The Bertz CT molecular complexity index is 364. The van der Waals surface area contributed by atoms with E-state index in [4.69, 9.17) is 5.41 Å². The van der Waals surface area contributed by atoms with Crippen molar-refractivity contribution in [3.63, 3.8) is 0 Å². The summed E-state index contributed by atoms with van der Waals surface area (Å²) in [5, 5.41) is 10.9. The Morgan fingerprint density at radius 3 is 2.94 bits per heavy atom. The quantitative estimate of drug-likeness (QED) is 0.718. The van der Waals surface area contributed by atoms with E-state index >= 15 is 0 Å². The topological polar surface area (TPSA) is 74.5 Å². The Labute approximate surface area is 90.7 Å². The first-order chi connectivity index (χ1) is 7.56. The molecule has 1 amide bonds. The van der Waals surface area contributed by atoms with Crippen LogP contribution >= 0.6 is 0 Å². The van der Waals surface area contributed by atoms with Gasteiger partial charge in [0, 0.05) is 6.42 Å². The number of nitrogens with one attached hydrogen (secondary N) is 2. The van der Waals surface area contributed by atoms with E-state index in [1.54, 1.807) is 6.92 Å². The van der Waals surface area contributed by atoms with Crippen LogP contribution in [0.5, 0.6) is 0 Å². The predicted octanol–water partition coefficient (Wildman–Crippen LogP) is 1.42. The van der Waals surface area contributed by atoms with Crippen molar-refractivity contribution in [3.05, 3.63) is 11.3 Å². The normalized spacial score (nSPS) is 18.8. The zero-order chi connectivity index (χ0) is 12.1. The maximum atomic E-state index is 12.1. The fourth-order valence-electron chi connectivity index (χ4n) is 1.20. The van der Waals surface area contributed by atoms with Crippen LogP contribution in [0.25, 0.3) is 0 Å². The molecule has 0 radical (unpaired) electrons. The lowest BCUT2D eigenvalue weighted by molar-refractivity contribution is -0.115. The lowest BCUT2D eigenvalue weighted by Gasteiger charge is -2.15. The summed E-state index contributed by atoms with van der Waals surface area (Å²) in [7, 11) is 0. The minimum atomic E-state index is -2.97. The first kappa shape index (κ1) is 12.3. The number of rotatable bonds is 4. The van der Waals surface area contributed by atoms with Crippen molar-refractivity contribution >= 4 is 17.8 Å². The van der Waals surface area contributed by atoms with Crippen LogP contribution in [0.1, 0.15) is 19.8 Å². The molecule has 7 heteroatoms. The number of nitrogens with zero attached hydrogens (tertiary/aromatic N) is 1. The number of allylic oxidation sites excluding steroid dienone is 1. The van der Waals surface area contributed by atoms with E-state index in [0.717, 1.165) is 6.21 Å². The highest BCUT2D eigenvalue weighted by Crippen LogP contribution is 2.17. The molecular weight excluding hydrogens is 220 g/mol. The number of carbonyl (C=O) groups excluding carboxylic acids is 1. The van der Waals surface area contributed by atoms with Crippen molar-refractivity contribution in [2.45, 2.75) is 26.4 Å². The van der Waals surface area contributed by atoms with Crippen LogP contribution in [-0.4, -0.2) is 24.4 Å². The van der Waals surface area contributed by atoms with E-state index in [1.165, 1.54) is 0 Å². The van der Waals surface area contributed by atoms with Gasteiger partial charge in [-0.1, -0.05) is 6.92 Å². The van der Waals surface area contributed by atoms with Crippen molar-refractivity contribution in [1.29, 1.82) is 5.41 Å². The van der Waals surface area contributed by atoms with E-state index in [-0.39, 0.29) is 17.8 Å². The van der Waals surface area contributed by atoms with Crippen molar-refractivity contribution in [1.82, 2.24) is 5.43 Å². The summed E-state index contributed by atoms with van der Waals surface area (Å²) < 4.78 is 28.5. The molecule has 0 saturated heterocycles. The maximum absolute atomic E-state index is 12.1. The van der Waals surface area contributed by atoms with E-state index in [2.05, 4.69) is 9.84 Å². The van der Waals surface area contributed by atoms with Crippen LogP contribution in [0.2, 0.25) is 0 Å². The summed E-state index contributed by atoms with van der Waals surface area (Å²) in [6.45, 7) is -1.20. The minimum absolute atomic E-state index is 0.00546. The third-order valence-electron chi connectivity index (χ3n) is 1.86. The first-order valence-corrected chi connectivity index (χ1v) is 4.66. The molecule has 0 aromatic heterocycles. The molecule has 0 saturated carbocycles. The molecule has 0 atom stereocenters. The molecule has 88 valence electrons. The third kappa shape index (κ3) is 2.85. The van der Waals surface area contributed by atoms with Crippen molar-refractivity contribution < 1.29 is 18.3 Å². The third-order valence-corrected chi connectivity index (χ3v) is 1.86. The van der Waals surface area contributed by atoms with Crippen LogP contribution in [0.3, 0.4) is 0 Å². The number of carbonyl (C=O) groups is 1. The summed E-state index contributed by atoms with van der Waals surface area (Å²) in [5.74, 6) is -0.815. The number of hydrogen-bond donors (Lipinski definition) is 2. The summed E-state index contributed by atoms with van der Waals surface area (Å²) in [6.07, 6.45) is 1.92. The summed E-state index contributed by atoms with van der Waals surface area (Å²) in [4.78, 5) is 11.1. The van der Waals surface area contributed by atoms with Gasteiger partial charge >= 0.3 is 6.61 Å². The van der Waals surface area contributed by atoms with E-state index in [9.17, 15) is 13.6 Å². The smallest absolute Gasteiger partial charge is 0.387 e. The molecule has 1 aliphatic heterocycles. The van der Waals surface area contributed by atoms with Crippen molar-refractivity contribution in [2.24, 2.45) is 5.10 Å². The number of halogens is 2. The van der Waals surface area contributed by atoms with Gasteiger partial charge in [-0.15, -0.1) is 0 Å². The van der Waals surface area contributed by atoms with Crippen molar-refractivity contribution in [3.8, 4) is 0 Å². The highest BCUT2D eigenvalue weighted by molar-refractivity contribution is 6.49. The number of alkyl halides is 2. The SMILES string of the molecule is CCC/C(OC(F)F)=C1/C=NNC(=O)C1=N. The van der Waals surface area contributed by atoms with Gasteiger partial charge in [-0.3, -0.25) is 10.2 Å². The molecule has 1 rings (SSSR count). The monoisotopic (exact) mass is 231 g/mol. The van der Waals surface area contributed by atoms with Gasteiger partial charge in [-0.05, 0) is 6.42 Å². The fourth-order valence-corrected chi connectivity index (χ4v) is 1.20.